The van der Waals surface area contributed by atoms with Gasteiger partial charge in [-0.2, -0.15) is 0 Å². The molecule has 1 aliphatic heterocycles. The molecule has 1 fully saturated rings. The highest BCUT2D eigenvalue weighted by atomic mass is 32.1. The quantitative estimate of drug-likeness (QED) is 0.757. The van der Waals surface area contributed by atoms with Gasteiger partial charge in [-0.05, 0) is 30.8 Å². The highest BCUT2D eigenvalue weighted by Crippen LogP contribution is 2.08. The number of nitrogens with one attached hydrogen (secondary N) is 2. The summed E-state index contributed by atoms with van der Waals surface area (Å²) in [4.78, 5) is 17.3. The number of carbonyl (C=O) groups excluding carboxylic acids is 1. The first kappa shape index (κ1) is 10.6. The zero-order valence-corrected chi connectivity index (χ0v) is 9.18. The third-order valence-electron chi connectivity index (χ3n) is 2.36. The highest BCUT2D eigenvalue weighted by molar-refractivity contribution is 7.12. The second-order valence-corrected chi connectivity index (χ2v) is 4.46. The monoisotopic (exact) mass is 226 g/mol. The minimum absolute atomic E-state index is 0.164. The maximum atomic E-state index is 11.4. The fraction of sp³-hybridized carbons (Fsp3) is 0.500. The molecular weight excluding hydrogens is 212 g/mol. The highest BCUT2D eigenvalue weighted by Gasteiger charge is 2.14. The molecule has 1 aromatic rings. The standard InChI is InChI=1S/C10H14N2O2S/c13-10(9-4-2-6-15-9)12-14-7-8-3-1-5-11-8/h2,4,6,8,11H,1,3,5,7H2,(H,12,13). The average molecular weight is 226 g/mol. The molecule has 4 nitrogen and oxygen atoms in total. The van der Waals surface area contributed by atoms with Gasteiger partial charge in [-0.25, -0.2) is 5.48 Å². The number of carbonyl (C=O) groups is 1. The molecule has 0 radical (unpaired) electrons. The summed E-state index contributed by atoms with van der Waals surface area (Å²) in [6.45, 7) is 1.59. The first-order chi connectivity index (χ1) is 7.36. The Hall–Kier alpha value is -0.910. The zero-order valence-electron chi connectivity index (χ0n) is 8.36. The summed E-state index contributed by atoms with van der Waals surface area (Å²) < 4.78 is 0. The zero-order chi connectivity index (χ0) is 10.5. The van der Waals surface area contributed by atoms with E-state index in [-0.39, 0.29) is 5.91 Å². The lowest BCUT2D eigenvalue weighted by Crippen LogP contribution is -2.32. The third kappa shape index (κ3) is 3.02. The molecule has 1 amide bonds. The van der Waals surface area contributed by atoms with Crippen molar-refractivity contribution in [2.24, 2.45) is 0 Å². The Morgan fingerprint density at radius 3 is 3.33 bits per heavy atom. The summed E-state index contributed by atoms with van der Waals surface area (Å²) in [6.07, 6.45) is 2.31. The van der Waals surface area contributed by atoms with Gasteiger partial charge in [0.05, 0.1) is 11.5 Å². The fourth-order valence-electron chi connectivity index (χ4n) is 1.56. The van der Waals surface area contributed by atoms with E-state index in [0.29, 0.717) is 17.5 Å². The van der Waals surface area contributed by atoms with E-state index < -0.39 is 0 Å². The maximum Gasteiger partial charge on any atom is 0.284 e. The summed E-state index contributed by atoms with van der Waals surface area (Å²) in [5, 5.41) is 5.16. The van der Waals surface area contributed by atoms with E-state index in [2.05, 4.69) is 10.8 Å². The summed E-state index contributed by atoms with van der Waals surface area (Å²) in [5.74, 6) is -0.164. The number of hydrogen-bond donors (Lipinski definition) is 2. The SMILES string of the molecule is O=C(NOCC1CCCN1)c1cccs1. The van der Waals surface area contributed by atoms with Crippen molar-refractivity contribution in [1.29, 1.82) is 0 Å². The summed E-state index contributed by atoms with van der Waals surface area (Å²) >= 11 is 1.41. The molecule has 2 heterocycles. The van der Waals surface area contributed by atoms with Crippen LogP contribution in [0.25, 0.3) is 0 Å². The van der Waals surface area contributed by atoms with Crippen LogP contribution >= 0.6 is 11.3 Å². The van der Waals surface area contributed by atoms with Crippen LogP contribution in [0.2, 0.25) is 0 Å². The van der Waals surface area contributed by atoms with Gasteiger partial charge in [0.25, 0.3) is 5.91 Å². The van der Waals surface area contributed by atoms with Crippen LogP contribution in [0.1, 0.15) is 22.5 Å². The predicted molar refractivity (Wildman–Crippen MR) is 58.8 cm³/mol. The molecule has 1 saturated heterocycles. The number of hydroxylamine groups is 1. The van der Waals surface area contributed by atoms with Crippen LogP contribution < -0.4 is 10.8 Å². The van der Waals surface area contributed by atoms with Gasteiger partial charge in [0, 0.05) is 6.04 Å². The molecule has 5 heteroatoms. The Morgan fingerprint density at radius 2 is 2.67 bits per heavy atom. The summed E-state index contributed by atoms with van der Waals surface area (Å²) in [6, 6.07) is 4.00. The van der Waals surface area contributed by atoms with Gasteiger partial charge in [0.1, 0.15) is 0 Å². The molecule has 2 rings (SSSR count). The van der Waals surface area contributed by atoms with Crippen molar-refractivity contribution in [3.05, 3.63) is 22.4 Å². The Balaban J connectivity index is 1.67. The Kier molecular flexibility index (Phi) is 3.71. The molecular formula is C10H14N2O2S. The lowest BCUT2D eigenvalue weighted by atomic mass is 10.2. The first-order valence-electron chi connectivity index (χ1n) is 5.05. The smallest absolute Gasteiger partial charge is 0.284 e. The van der Waals surface area contributed by atoms with Gasteiger partial charge < -0.3 is 5.32 Å². The van der Waals surface area contributed by atoms with E-state index in [1.165, 1.54) is 17.8 Å². The molecule has 1 unspecified atom stereocenters. The molecule has 2 N–H and O–H groups in total. The molecule has 0 bridgehead atoms. The van der Waals surface area contributed by atoms with E-state index in [1.54, 1.807) is 6.07 Å². The van der Waals surface area contributed by atoms with Crippen LogP contribution in [0.15, 0.2) is 17.5 Å². The minimum Gasteiger partial charge on any atom is -0.312 e. The number of thiophene rings is 1. The maximum absolute atomic E-state index is 11.4. The molecule has 1 atom stereocenters. The third-order valence-corrected chi connectivity index (χ3v) is 3.23. The minimum atomic E-state index is -0.164. The number of amides is 1. The molecule has 1 aromatic heterocycles. The molecule has 0 aliphatic carbocycles. The normalized spacial score (nSPS) is 20.4. The number of rotatable bonds is 4. The van der Waals surface area contributed by atoms with Crippen LogP contribution in [0, 0.1) is 0 Å². The molecule has 0 spiro atoms. The lowest BCUT2D eigenvalue weighted by molar-refractivity contribution is 0.0246. The molecule has 15 heavy (non-hydrogen) atoms. The Morgan fingerprint density at radius 1 is 1.73 bits per heavy atom. The van der Waals surface area contributed by atoms with Gasteiger partial charge in [-0.3, -0.25) is 9.63 Å². The molecule has 82 valence electrons. The van der Waals surface area contributed by atoms with Crippen LogP contribution in [-0.4, -0.2) is 25.1 Å². The van der Waals surface area contributed by atoms with Crippen LogP contribution in [-0.2, 0) is 4.84 Å². The van der Waals surface area contributed by atoms with E-state index in [0.717, 1.165) is 13.0 Å². The Labute approximate surface area is 92.6 Å². The lowest BCUT2D eigenvalue weighted by Gasteiger charge is -2.10. The van der Waals surface area contributed by atoms with Gasteiger partial charge in [-0.15, -0.1) is 11.3 Å². The van der Waals surface area contributed by atoms with Crippen molar-refractivity contribution in [3.8, 4) is 0 Å². The van der Waals surface area contributed by atoms with Crippen molar-refractivity contribution in [2.45, 2.75) is 18.9 Å². The molecule has 0 saturated carbocycles. The van der Waals surface area contributed by atoms with Gasteiger partial charge in [-0.1, -0.05) is 6.07 Å². The van der Waals surface area contributed by atoms with Crippen molar-refractivity contribution in [2.75, 3.05) is 13.2 Å². The van der Waals surface area contributed by atoms with Crippen molar-refractivity contribution in [1.82, 2.24) is 10.8 Å². The topological polar surface area (TPSA) is 50.4 Å². The van der Waals surface area contributed by atoms with E-state index >= 15 is 0 Å². The molecule has 1 aliphatic rings. The second kappa shape index (κ2) is 5.25. The average Bonchev–Trinajstić information content (AvgIpc) is 2.90. The van der Waals surface area contributed by atoms with Crippen LogP contribution in [0.3, 0.4) is 0 Å². The first-order valence-corrected chi connectivity index (χ1v) is 5.93. The molecule has 0 aromatic carbocycles. The summed E-state index contributed by atoms with van der Waals surface area (Å²) in [7, 11) is 0. The second-order valence-electron chi connectivity index (χ2n) is 3.51. The van der Waals surface area contributed by atoms with Gasteiger partial charge in [0.2, 0.25) is 0 Å². The van der Waals surface area contributed by atoms with Crippen molar-refractivity contribution >= 4 is 17.2 Å². The van der Waals surface area contributed by atoms with Gasteiger partial charge in [0.15, 0.2) is 0 Å². The van der Waals surface area contributed by atoms with Gasteiger partial charge >= 0.3 is 0 Å². The Bertz CT molecular complexity index is 307. The van der Waals surface area contributed by atoms with Crippen LogP contribution in [0.5, 0.6) is 0 Å². The van der Waals surface area contributed by atoms with Crippen LogP contribution in [0.4, 0.5) is 0 Å². The van der Waals surface area contributed by atoms with E-state index in [1.807, 2.05) is 11.4 Å². The fourth-order valence-corrected chi connectivity index (χ4v) is 2.17. The van der Waals surface area contributed by atoms with E-state index in [9.17, 15) is 4.79 Å². The number of hydrogen-bond acceptors (Lipinski definition) is 4. The van der Waals surface area contributed by atoms with E-state index in [4.69, 9.17) is 4.84 Å². The largest absolute Gasteiger partial charge is 0.312 e. The summed E-state index contributed by atoms with van der Waals surface area (Å²) in [5.41, 5.74) is 2.44. The van der Waals surface area contributed by atoms with Crippen molar-refractivity contribution < 1.29 is 9.63 Å². The predicted octanol–water partition coefficient (Wildman–Crippen LogP) is 1.16. The van der Waals surface area contributed by atoms with Crippen molar-refractivity contribution in [3.63, 3.8) is 0 Å².